The Morgan fingerprint density at radius 2 is 0.841 bits per heavy atom. The molecule has 0 atom stereocenters. The molecule has 0 saturated heterocycles. The molecule has 0 N–H and O–H groups in total. The molecule has 1 spiro atoms. The molecule has 4 heteroatoms. The van der Waals surface area contributed by atoms with Crippen molar-refractivity contribution in [3.05, 3.63) is 234 Å². The van der Waals surface area contributed by atoms with E-state index in [0.717, 1.165) is 50.6 Å². The lowest BCUT2D eigenvalue weighted by Gasteiger charge is -2.35. The van der Waals surface area contributed by atoms with E-state index in [1.807, 2.05) is 12.1 Å². The monoisotopic (exact) mass is 801 g/mol. The third-order valence-corrected chi connectivity index (χ3v) is 13.8. The first-order valence-electron chi connectivity index (χ1n) is 21.6. The van der Waals surface area contributed by atoms with Crippen molar-refractivity contribution < 1.29 is 4.42 Å². The first-order chi connectivity index (χ1) is 31.2. The number of hydrogen-bond acceptors (Lipinski definition) is 4. The minimum absolute atomic E-state index is 0.595. The van der Waals surface area contributed by atoms with Crippen LogP contribution in [0.25, 0.3) is 101 Å². The third kappa shape index (κ3) is 4.78. The molecular weight excluding hydrogens is 767 g/mol. The van der Waals surface area contributed by atoms with Gasteiger partial charge in [-0.2, -0.15) is 0 Å². The van der Waals surface area contributed by atoms with E-state index >= 15 is 0 Å². The summed E-state index contributed by atoms with van der Waals surface area (Å²) < 4.78 is 6.41. The normalized spacial score (nSPS) is 13.5. The molecule has 14 rings (SSSR count). The highest BCUT2D eigenvalue weighted by molar-refractivity contribution is 6.06. The molecule has 2 heterocycles. The fourth-order valence-corrected chi connectivity index (χ4v) is 11.2. The molecule has 0 unspecified atom stereocenters. The van der Waals surface area contributed by atoms with E-state index in [0.29, 0.717) is 17.5 Å². The van der Waals surface area contributed by atoms with Gasteiger partial charge in [-0.1, -0.05) is 176 Å². The second-order valence-electron chi connectivity index (χ2n) is 17.0. The molecule has 0 fully saturated rings. The summed E-state index contributed by atoms with van der Waals surface area (Å²) >= 11 is 0. The van der Waals surface area contributed by atoms with Crippen LogP contribution < -0.4 is 0 Å². The highest BCUT2D eigenvalue weighted by Gasteiger charge is 2.50. The van der Waals surface area contributed by atoms with Gasteiger partial charge in [-0.3, -0.25) is 0 Å². The topological polar surface area (TPSA) is 51.8 Å². The molecule has 292 valence electrons. The average molecular weight is 802 g/mol. The number of furan rings is 1. The van der Waals surface area contributed by atoms with Crippen LogP contribution in [-0.4, -0.2) is 15.0 Å². The predicted molar refractivity (Wildman–Crippen MR) is 253 cm³/mol. The van der Waals surface area contributed by atoms with Gasteiger partial charge in [0.15, 0.2) is 17.5 Å². The molecule has 3 aliphatic rings. The van der Waals surface area contributed by atoms with Gasteiger partial charge in [0.1, 0.15) is 11.2 Å². The van der Waals surface area contributed by atoms with Crippen molar-refractivity contribution in [2.24, 2.45) is 0 Å². The van der Waals surface area contributed by atoms with Crippen LogP contribution in [0.3, 0.4) is 0 Å². The number of hydrogen-bond donors (Lipinski definition) is 0. The van der Waals surface area contributed by atoms with Gasteiger partial charge in [0.2, 0.25) is 0 Å². The van der Waals surface area contributed by atoms with Gasteiger partial charge in [-0.25, -0.2) is 15.0 Å². The average Bonchev–Trinajstić information content (AvgIpc) is 3.99. The molecule has 2 aromatic heterocycles. The Kier molecular flexibility index (Phi) is 7.06. The highest BCUT2D eigenvalue weighted by atomic mass is 16.3. The maximum atomic E-state index is 6.41. The number of rotatable bonds is 3. The van der Waals surface area contributed by atoms with E-state index in [1.54, 1.807) is 0 Å². The van der Waals surface area contributed by atoms with Crippen LogP contribution in [0.15, 0.2) is 205 Å². The van der Waals surface area contributed by atoms with Crippen molar-refractivity contribution in [1.29, 1.82) is 0 Å². The van der Waals surface area contributed by atoms with Gasteiger partial charge >= 0.3 is 0 Å². The summed E-state index contributed by atoms with van der Waals surface area (Å²) in [5.74, 6) is 1.85. The van der Waals surface area contributed by atoms with E-state index < -0.39 is 5.41 Å². The number of fused-ring (bicyclic) bond motifs is 18. The van der Waals surface area contributed by atoms with Crippen LogP contribution >= 0.6 is 0 Å². The summed E-state index contributed by atoms with van der Waals surface area (Å²) in [6, 6.07) is 72.5. The first kappa shape index (κ1) is 34.5. The van der Waals surface area contributed by atoms with E-state index in [2.05, 4.69) is 188 Å². The lowest BCUT2D eigenvalue weighted by molar-refractivity contribution is 0.669. The van der Waals surface area contributed by atoms with Crippen LogP contribution in [0.4, 0.5) is 0 Å². The summed E-state index contributed by atoms with van der Waals surface area (Å²) in [6.45, 7) is 0. The largest absolute Gasteiger partial charge is 0.456 e. The standard InChI is InChI=1S/C59H35N3O/c1-2-15-39-35(14-1)32-36-28-29-37(33-48(36)39)56-60-57(38-30-31-45-44-20-8-12-27-53(44)63-54(45)34-38)62-58(61-56)47-22-13-26-52-55(47)46-21-7-11-25-51(46)59(52)49-23-9-5-18-42(49)40-16-3-4-17-41(40)43-19-6-10-24-50(43)59/h1-31,33-34H,32H2. The fourth-order valence-electron chi connectivity index (χ4n) is 11.2. The van der Waals surface area contributed by atoms with Gasteiger partial charge in [0, 0.05) is 27.5 Å². The summed E-state index contributed by atoms with van der Waals surface area (Å²) in [6.07, 6.45) is 0.922. The van der Waals surface area contributed by atoms with Gasteiger partial charge < -0.3 is 4.42 Å². The molecular formula is C59H35N3O. The summed E-state index contributed by atoms with van der Waals surface area (Å²) in [5.41, 5.74) is 21.3. The molecule has 0 radical (unpaired) electrons. The SMILES string of the molecule is c1ccc2c(c1)Cc1ccc(-c3nc(-c4ccc5c(c4)oc4ccccc45)nc(-c4cccc5c4-c4ccccc4C54c5ccccc5-c5ccccc5-c5ccccc54)n3)cc1-2. The summed E-state index contributed by atoms with van der Waals surface area (Å²) in [7, 11) is 0. The number of para-hydroxylation sites is 1. The van der Waals surface area contributed by atoms with Crippen molar-refractivity contribution in [3.63, 3.8) is 0 Å². The molecule has 0 amide bonds. The molecule has 11 aromatic rings. The second-order valence-corrected chi connectivity index (χ2v) is 17.0. The molecule has 4 nitrogen and oxygen atoms in total. The summed E-state index contributed by atoms with van der Waals surface area (Å²) in [4.78, 5) is 16.2. The first-order valence-corrected chi connectivity index (χ1v) is 21.6. The van der Waals surface area contributed by atoms with Crippen molar-refractivity contribution in [3.8, 4) is 78.7 Å². The Balaban J connectivity index is 1.05. The zero-order valence-corrected chi connectivity index (χ0v) is 34.0. The van der Waals surface area contributed by atoms with Gasteiger partial charge in [-0.05, 0) is 109 Å². The Morgan fingerprint density at radius 1 is 0.333 bits per heavy atom. The van der Waals surface area contributed by atoms with E-state index in [-0.39, 0.29) is 0 Å². The predicted octanol–water partition coefficient (Wildman–Crippen LogP) is 14.4. The van der Waals surface area contributed by atoms with E-state index in [9.17, 15) is 0 Å². The molecule has 0 aliphatic heterocycles. The molecule has 0 saturated carbocycles. The number of aromatic nitrogens is 3. The quantitative estimate of drug-likeness (QED) is 0.179. The Hall–Kier alpha value is -8.21. The van der Waals surface area contributed by atoms with Gasteiger partial charge in [0.05, 0.1) is 5.41 Å². The van der Waals surface area contributed by atoms with Crippen LogP contribution in [0.5, 0.6) is 0 Å². The van der Waals surface area contributed by atoms with Crippen LogP contribution in [0.1, 0.15) is 33.4 Å². The van der Waals surface area contributed by atoms with Crippen molar-refractivity contribution in [2.75, 3.05) is 0 Å². The Morgan fingerprint density at radius 3 is 1.59 bits per heavy atom. The zero-order chi connectivity index (χ0) is 41.2. The van der Waals surface area contributed by atoms with Crippen LogP contribution in [0, 0.1) is 0 Å². The minimum Gasteiger partial charge on any atom is -0.456 e. The van der Waals surface area contributed by atoms with Crippen molar-refractivity contribution in [1.82, 2.24) is 15.0 Å². The van der Waals surface area contributed by atoms with Gasteiger partial charge in [-0.15, -0.1) is 0 Å². The van der Waals surface area contributed by atoms with E-state index in [4.69, 9.17) is 19.4 Å². The van der Waals surface area contributed by atoms with Gasteiger partial charge in [0.25, 0.3) is 0 Å². The molecule has 63 heavy (non-hydrogen) atoms. The summed E-state index contributed by atoms with van der Waals surface area (Å²) in [5, 5.41) is 2.15. The Bertz CT molecular complexity index is 3680. The Labute approximate surface area is 363 Å². The van der Waals surface area contributed by atoms with Crippen molar-refractivity contribution >= 4 is 21.9 Å². The van der Waals surface area contributed by atoms with E-state index in [1.165, 1.54) is 72.3 Å². The maximum Gasteiger partial charge on any atom is 0.164 e. The highest BCUT2D eigenvalue weighted by Crippen LogP contribution is 2.62. The minimum atomic E-state index is -0.619. The maximum absolute atomic E-state index is 6.41. The van der Waals surface area contributed by atoms with Crippen LogP contribution in [0.2, 0.25) is 0 Å². The lowest BCUT2D eigenvalue weighted by atomic mass is 9.66. The lowest BCUT2D eigenvalue weighted by Crippen LogP contribution is -2.29. The molecule has 9 aromatic carbocycles. The smallest absolute Gasteiger partial charge is 0.164 e. The molecule has 3 aliphatic carbocycles. The fraction of sp³-hybridized carbons (Fsp3) is 0.0339. The number of nitrogens with zero attached hydrogens (tertiary/aromatic N) is 3. The van der Waals surface area contributed by atoms with Crippen LogP contribution in [-0.2, 0) is 11.8 Å². The second kappa shape index (κ2) is 12.9. The zero-order valence-electron chi connectivity index (χ0n) is 34.0. The third-order valence-electron chi connectivity index (χ3n) is 13.8. The molecule has 0 bridgehead atoms. The van der Waals surface area contributed by atoms with Crippen molar-refractivity contribution in [2.45, 2.75) is 11.8 Å². The number of benzene rings is 9.